The Labute approximate surface area is 99.4 Å². The third-order valence-electron chi connectivity index (χ3n) is 3.29. The molecule has 0 bridgehead atoms. The van der Waals surface area contributed by atoms with E-state index in [-0.39, 0.29) is 16.6 Å². The van der Waals surface area contributed by atoms with Crippen LogP contribution in [0.2, 0.25) is 5.02 Å². The maximum absolute atomic E-state index is 13.5. The second-order valence-electron chi connectivity index (χ2n) is 4.39. The van der Waals surface area contributed by atoms with Crippen molar-refractivity contribution in [1.82, 2.24) is 0 Å². The lowest BCUT2D eigenvalue weighted by Gasteiger charge is -2.18. The lowest BCUT2D eigenvalue weighted by Crippen LogP contribution is -2.16. The monoisotopic (exact) mass is 246 g/mol. The fourth-order valence-electron chi connectivity index (χ4n) is 1.92. The van der Waals surface area contributed by atoms with Gasteiger partial charge in [0.1, 0.15) is 5.82 Å². The van der Waals surface area contributed by atoms with Crippen LogP contribution in [0.25, 0.3) is 0 Å². The van der Waals surface area contributed by atoms with Gasteiger partial charge in [0.2, 0.25) is 0 Å². The summed E-state index contributed by atoms with van der Waals surface area (Å²) in [6.45, 7) is 1.99. The summed E-state index contributed by atoms with van der Waals surface area (Å²) in [6.07, 6.45) is 2.92. The van der Waals surface area contributed by atoms with Gasteiger partial charge in [-0.3, -0.25) is 0 Å². The van der Waals surface area contributed by atoms with Crippen LogP contribution in [0.15, 0.2) is 18.2 Å². The van der Waals surface area contributed by atoms with E-state index in [0.717, 1.165) is 24.8 Å². The van der Waals surface area contributed by atoms with Gasteiger partial charge in [-0.25, -0.2) is 4.39 Å². The van der Waals surface area contributed by atoms with E-state index < -0.39 is 0 Å². The van der Waals surface area contributed by atoms with Gasteiger partial charge < -0.3 is 0 Å². The topological polar surface area (TPSA) is 0 Å². The molecule has 0 aromatic heterocycles. The van der Waals surface area contributed by atoms with Gasteiger partial charge >= 0.3 is 0 Å². The van der Waals surface area contributed by atoms with Gasteiger partial charge in [-0.05, 0) is 49.3 Å². The molecule has 1 atom stereocenters. The molecule has 2 rings (SSSR count). The molecule has 82 valence electrons. The van der Waals surface area contributed by atoms with Gasteiger partial charge in [0.15, 0.2) is 0 Å². The van der Waals surface area contributed by atoms with Gasteiger partial charge in [-0.1, -0.05) is 17.7 Å². The molecule has 1 unspecified atom stereocenters. The first-order valence-electron chi connectivity index (χ1n) is 5.11. The van der Waals surface area contributed by atoms with Crippen LogP contribution in [0.4, 0.5) is 4.39 Å². The summed E-state index contributed by atoms with van der Waals surface area (Å²) in [7, 11) is 0. The van der Waals surface area contributed by atoms with Crippen molar-refractivity contribution >= 4 is 23.2 Å². The predicted octanol–water partition coefficient (Wildman–Crippen LogP) is 4.43. The summed E-state index contributed by atoms with van der Waals surface area (Å²) in [5.41, 5.74) is 0.848. The van der Waals surface area contributed by atoms with E-state index in [9.17, 15) is 4.39 Å². The summed E-state index contributed by atoms with van der Waals surface area (Å²) in [6, 6.07) is 4.86. The molecular weight excluding hydrogens is 234 g/mol. The zero-order valence-corrected chi connectivity index (χ0v) is 10.1. The van der Waals surface area contributed by atoms with E-state index in [1.54, 1.807) is 12.1 Å². The predicted molar refractivity (Wildman–Crippen MR) is 62.1 cm³/mol. The Balaban J connectivity index is 2.18. The standard InChI is InChI=1S/C12H13Cl2F/c1-8(13)12(4-5-12)7-9-2-3-10(14)6-11(9)15/h2-3,6,8H,4-5,7H2,1H3. The molecule has 3 heteroatoms. The Morgan fingerprint density at radius 1 is 1.47 bits per heavy atom. The van der Waals surface area contributed by atoms with Gasteiger partial charge in [0.25, 0.3) is 0 Å². The third-order valence-corrected chi connectivity index (χ3v) is 3.99. The van der Waals surface area contributed by atoms with Crippen LogP contribution in [-0.4, -0.2) is 5.38 Å². The number of rotatable bonds is 3. The molecule has 0 saturated heterocycles. The highest BCUT2D eigenvalue weighted by atomic mass is 35.5. The summed E-state index contributed by atoms with van der Waals surface area (Å²) in [5.74, 6) is -0.217. The van der Waals surface area contributed by atoms with E-state index in [1.807, 2.05) is 6.92 Å². The molecule has 0 N–H and O–H groups in total. The summed E-state index contributed by atoms with van der Waals surface area (Å²) in [5, 5.41) is 0.549. The molecule has 1 saturated carbocycles. The summed E-state index contributed by atoms with van der Waals surface area (Å²) >= 11 is 11.8. The highest BCUT2D eigenvalue weighted by molar-refractivity contribution is 6.30. The van der Waals surface area contributed by atoms with Gasteiger partial charge in [-0.15, -0.1) is 11.6 Å². The third kappa shape index (κ3) is 2.29. The molecule has 0 spiro atoms. The van der Waals surface area contributed by atoms with Gasteiger partial charge in [-0.2, -0.15) is 0 Å². The number of hydrogen-bond donors (Lipinski definition) is 0. The Hall–Kier alpha value is -0.270. The minimum atomic E-state index is -0.217. The molecule has 15 heavy (non-hydrogen) atoms. The van der Waals surface area contributed by atoms with Crippen LogP contribution >= 0.6 is 23.2 Å². The van der Waals surface area contributed by atoms with Crippen molar-refractivity contribution < 1.29 is 4.39 Å². The average Bonchev–Trinajstić information content (AvgIpc) is 2.91. The van der Waals surface area contributed by atoms with Crippen LogP contribution in [0.3, 0.4) is 0 Å². The van der Waals surface area contributed by atoms with Crippen molar-refractivity contribution in [1.29, 1.82) is 0 Å². The lowest BCUT2D eigenvalue weighted by molar-refractivity contribution is 0.480. The fourth-order valence-corrected chi connectivity index (χ4v) is 2.37. The van der Waals surface area contributed by atoms with E-state index in [4.69, 9.17) is 23.2 Å². The highest BCUT2D eigenvalue weighted by Crippen LogP contribution is 2.53. The molecule has 0 heterocycles. The van der Waals surface area contributed by atoms with Crippen LogP contribution in [0.5, 0.6) is 0 Å². The Morgan fingerprint density at radius 2 is 2.13 bits per heavy atom. The molecule has 0 radical (unpaired) electrons. The molecule has 0 aliphatic heterocycles. The largest absolute Gasteiger partial charge is 0.207 e. The van der Waals surface area contributed by atoms with Gasteiger partial charge in [0.05, 0.1) is 0 Å². The van der Waals surface area contributed by atoms with Crippen molar-refractivity contribution in [3.63, 3.8) is 0 Å². The van der Waals surface area contributed by atoms with Crippen molar-refractivity contribution in [2.75, 3.05) is 0 Å². The summed E-state index contributed by atoms with van der Waals surface area (Å²) in [4.78, 5) is 0. The van der Waals surface area contributed by atoms with Crippen molar-refractivity contribution in [2.24, 2.45) is 5.41 Å². The molecule has 1 fully saturated rings. The number of benzene rings is 1. The number of halogens is 3. The van der Waals surface area contributed by atoms with Crippen LogP contribution in [0, 0.1) is 11.2 Å². The second-order valence-corrected chi connectivity index (χ2v) is 5.48. The molecule has 1 aliphatic carbocycles. The molecule has 0 nitrogen and oxygen atoms in total. The maximum atomic E-state index is 13.5. The van der Waals surface area contributed by atoms with E-state index in [1.165, 1.54) is 6.07 Å². The van der Waals surface area contributed by atoms with Crippen LogP contribution in [0.1, 0.15) is 25.3 Å². The minimum absolute atomic E-state index is 0.104. The lowest BCUT2D eigenvalue weighted by atomic mass is 9.93. The number of alkyl halides is 1. The Kier molecular flexibility index (Phi) is 2.96. The molecule has 1 aromatic rings. The zero-order chi connectivity index (χ0) is 11.1. The maximum Gasteiger partial charge on any atom is 0.127 e. The van der Waals surface area contributed by atoms with E-state index in [2.05, 4.69) is 0 Å². The van der Waals surface area contributed by atoms with Crippen molar-refractivity contribution in [3.05, 3.63) is 34.6 Å². The molecular formula is C12H13Cl2F. The Morgan fingerprint density at radius 3 is 2.60 bits per heavy atom. The highest BCUT2D eigenvalue weighted by Gasteiger charge is 2.46. The van der Waals surface area contributed by atoms with E-state index >= 15 is 0 Å². The average molecular weight is 247 g/mol. The fraction of sp³-hybridized carbons (Fsp3) is 0.500. The Bertz CT molecular complexity index is 370. The normalized spacial score (nSPS) is 20.0. The minimum Gasteiger partial charge on any atom is -0.207 e. The SMILES string of the molecule is CC(Cl)C1(Cc2ccc(Cl)cc2F)CC1. The molecule has 1 aromatic carbocycles. The quantitative estimate of drug-likeness (QED) is 0.693. The first-order chi connectivity index (χ1) is 7.03. The molecule has 0 amide bonds. The first kappa shape index (κ1) is 11.2. The number of hydrogen-bond acceptors (Lipinski definition) is 0. The van der Waals surface area contributed by atoms with Gasteiger partial charge in [0, 0.05) is 10.4 Å². The summed E-state index contributed by atoms with van der Waals surface area (Å²) < 4.78 is 13.5. The first-order valence-corrected chi connectivity index (χ1v) is 5.93. The van der Waals surface area contributed by atoms with Crippen LogP contribution < -0.4 is 0 Å². The zero-order valence-electron chi connectivity index (χ0n) is 8.56. The van der Waals surface area contributed by atoms with Crippen LogP contribution in [-0.2, 0) is 6.42 Å². The van der Waals surface area contributed by atoms with Crippen molar-refractivity contribution in [3.8, 4) is 0 Å². The smallest absolute Gasteiger partial charge is 0.127 e. The van der Waals surface area contributed by atoms with Crippen molar-refractivity contribution in [2.45, 2.75) is 31.6 Å². The molecule has 1 aliphatic rings. The second kappa shape index (κ2) is 3.95. The van der Waals surface area contributed by atoms with E-state index in [0.29, 0.717) is 5.02 Å².